The highest BCUT2D eigenvalue weighted by Crippen LogP contribution is 2.34. The predicted octanol–water partition coefficient (Wildman–Crippen LogP) is 4.30. The number of nitrogens with one attached hydrogen (secondary N) is 1. The van der Waals surface area contributed by atoms with Crippen molar-refractivity contribution in [1.82, 2.24) is 9.80 Å². The largest absolute Gasteiger partial charge is 0.459 e. The Morgan fingerprint density at radius 3 is 2.29 bits per heavy atom. The fourth-order valence-corrected chi connectivity index (χ4v) is 4.93. The molecule has 1 aromatic carbocycles. The van der Waals surface area contributed by atoms with E-state index in [0.29, 0.717) is 31.9 Å². The quantitative estimate of drug-likeness (QED) is 0.832. The lowest BCUT2D eigenvalue weighted by atomic mass is 10.3. The van der Waals surface area contributed by atoms with E-state index in [1.54, 1.807) is 21.9 Å². The maximum Gasteiger partial charge on any atom is 0.321 e. The average Bonchev–Trinajstić information content (AvgIpc) is 3.43. The first-order valence-corrected chi connectivity index (χ1v) is 10.7. The van der Waals surface area contributed by atoms with Gasteiger partial charge in [-0.25, -0.2) is 4.79 Å². The second-order valence-electron chi connectivity index (χ2n) is 7.24. The summed E-state index contributed by atoms with van der Waals surface area (Å²) in [5, 5.41) is 3.70. The van der Waals surface area contributed by atoms with Crippen LogP contribution in [-0.4, -0.2) is 53.2 Å². The molecular formula is C21H25N3O3S. The summed E-state index contributed by atoms with van der Waals surface area (Å²) >= 11 is 1.94. The highest BCUT2D eigenvalue weighted by atomic mass is 32.2. The molecule has 2 aliphatic rings. The standard InChI is InChI=1S/C21H25N3O3S/c25-20(19-6-3-15-27-19)23-11-13-24(14-12-23)21(26)22-16-7-9-18(10-8-16)28-17-4-1-2-5-17/h3,6-10,15,17H,1-2,4-5,11-14H2,(H,22,26). The Balaban J connectivity index is 1.25. The number of piperazine rings is 1. The number of furan rings is 1. The van der Waals surface area contributed by atoms with Crippen molar-refractivity contribution in [3.63, 3.8) is 0 Å². The molecule has 0 atom stereocenters. The summed E-state index contributed by atoms with van der Waals surface area (Å²) in [6.07, 6.45) is 6.78. The number of thioether (sulfide) groups is 1. The van der Waals surface area contributed by atoms with Crippen LogP contribution in [0.1, 0.15) is 36.2 Å². The van der Waals surface area contributed by atoms with Gasteiger partial charge in [-0.1, -0.05) is 12.8 Å². The van der Waals surface area contributed by atoms with Crippen LogP contribution in [0, 0.1) is 0 Å². The van der Waals surface area contributed by atoms with Gasteiger partial charge in [0.15, 0.2) is 5.76 Å². The minimum absolute atomic E-state index is 0.124. The number of nitrogens with zero attached hydrogens (tertiary/aromatic N) is 2. The van der Waals surface area contributed by atoms with Crippen LogP contribution in [-0.2, 0) is 0 Å². The Morgan fingerprint density at radius 2 is 1.64 bits per heavy atom. The van der Waals surface area contributed by atoms with Crippen molar-refractivity contribution in [3.05, 3.63) is 48.4 Å². The third-order valence-corrected chi connectivity index (χ3v) is 6.65. The molecule has 0 bridgehead atoms. The fourth-order valence-electron chi connectivity index (χ4n) is 3.69. The zero-order chi connectivity index (χ0) is 19.3. The molecule has 2 aromatic rings. The van der Waals surface area contributed by atoms with Gasteiger partial charge in [0.25, 0.3) is 5.91 Å². The second-order valence-corrected chi connectivity index (χ2v) is 8.61. The van der Waals surface area contributed by atoms with E-state index in [9.17, 15) is 9.59 Å². The lowest BCUT2D eigenvalue weighted by molar-refractivity contribution is 0.0640. The first-order chi connectivity index (χ1) is 13.7. The van der Waals surface area contributed by atoms with E-state index in [1.807, 2.05) is 23.9 Å². The van der Waals surface area contributed by atoms with Crippen LogP contribution >= 0.6 is 11.8 Å². The van der Waals surface area contributed by atoms with E-state index in [-0.39, 0.29) is 11.9 Å². The SMILES string of the molecule is O=C(Nc1ccc(SC2CCCC2)cc1)N1CCN(C(=O)c2ccco2)CC1. The lowest BCUT2D eigenvalue weighted by Gasteiger charge is -2.34. The molecular weight excluding hydrogens is 374 g/mol. The van der Waals surface area contributed by atoms with Crippen molar-refractivity contribution in [2.75, 3.05) is 31.5 Å². The normalized spacial score (nSPS) is 17.7. The number of carbonyl (C=O) groups excluding carboxylic acids is 2. The van der Waals surface area contributed by atoms with Crippen LogP contribution in [0.15, 0.2) is 52.0 Å². The summed E-state index contributed by atoms with van der Waals surface area (Å²) in [5.74, 6) is 0.217. The van der Waals surface area contributed by atoms with Crippen LogP contribution in [0.5, 0.6) is 0 Å². The van der Waals surface area contributed by atoms with Gasteiger partial charge in [0, 0.05) is 42.0 Å². The second kappa shape index (κ2) is 8.73. The molecule has 148 valence electrons. The van der Waals surface area contributed by atoms with E-state index in [1.165, 1.54) is 36.8 Å². The number of benzene rings is 1. The summed E-state index contributed by atoms with van der Waals surface area (Å²) in [4.78, 5) is 29.5. The smallest absolute Gasteiger partial charge is 0.321 e. The molecule has 28 heavy (non-hydrogen) atoms. The van der Waals surface area contributed by atoms with E-state index >= 15 is 0 Å². The molecule has 0 spiro atoms. The van der Waals surface area contributed by atoms with Crippen LogP contribution in [0.4, 0.5) is 10.5 Å². The van der Waals surface area contributed by atoms with Crippen molar-refractivity contribution in [1.29, 1.82) is 0 Å². The van der Waals surface area contributed by atoms with E-state index < -0.39 is 0 Å². The molecule has 1 aliphatic carbocycles. The Morgan fingerprint density at radius 1 is 0.964 bits per heavy atom. The number of amides is 3. The van der Waals surface area contributed by atoms with Crippen molar-refractivity contribution in [3.8, 4) is 0 Å². The predicted molar refractivity (Wildman–Crippen MR) is 110 cm³/mol. The van der Waals surface area contributed by atoms with Crippen molar-refractivity contribution < 1.29 is 14.0 Å². The first-order valence-electron chi connectivity index (χ1n) is 9.84. The topological polar surface area (TPSA) is 65.8 Å². The molecule has 0 unspecified atom stereocenters. The molecule has 1 aliphatic heterocycles. The maximum atomic E-state index is 12.5. The Labute approximate surface area is 169 Å². The molecule has 2 fully saturated rings. The third kappa shape index (κ3) is 4.52. The van der Waals surface area contributed by atoms with E-state index in [0.717, 1.165) is 10.9 Å². The van der Waals surface area contributed by atoms with Gasteiger partial charge >= 0.3 is 6.03 Å². The summed E-state index contributed by atoms with van der Waals surface area (Å²) < 4.78 is 5.17. The van der Waals surface area contributed by atoms with Crippen molar-refractivity contribution in [2.24, 2.45) is 0 Å². The molecule has 4 rings (SSSR count). The van der Waals surface area contributed by atoms with Gasteiger partial charge in [-0.15, -0.1) is 11.8 Å². The molecule has 2 heterocycles. The Hall–Kier alpha value is -2.41. The van der Waals surface area contributed by atoms with Gasteiger partial charge in [0.05, 0.1) is 6.26 Å². The van der Waals surface area contributed by atoms with Crippen molar-refractivity contribution in [2.45, 2.75) is 35.8 Å². The number of hydrogen-bond donors (Lipinski definition) is 1. The minimum Gasteiger partial charge on any atom is -0.459 e. The highest BCUT2D eigenvalue weighted by Gasteiger charge is 2.26. The molecule has 0 radical (unpaired) electrons. The van der Waals surface area contributed by atoms with Crippen molar-refractivity contribution >= 4 is 29.4 Å². The number of anilines is 1. The van der Waals surface area contributed by atoms with Crippen LogP contribution in [0.25, 0.3) is 0 Å². The Kier molecular flexibility index (Phi) is 5.90. The van der Waals surface area contributed by atoms with Gasteiger partial charge in [-0.05, 0) is 49.2 Å². The molecule has 1 saturated carbocycles. The molecule has 3 amide bonds. The molecule has 7 heteroatoms. The average molecular weight is 400 g/mol. The van der Waals surface area contributed by atoms with E-state index in [4.69, 9.17) is 4.42 Å². The highest BCUT2D eigenvalue weighted by molar-refractivity contribution is 8.00. The number of urea groups is 1. The minimum atomic E-state index is -0.125. The monoisotopic (exact) mass is 399 g/mol. The van der Waals surface area contributed by atoms with Crippen LogP contribution in [0.2, 0.25) is 0 Å². The first kappa shape index (κ1) is 18.9. The zero-order valence-corrected chi connectivity index (χ0v) is 16.6. The van der Waals surface area contributed by atoms with Gasteiger partial charge < -0.3 is 19.5 Å². The Bertz CT molecular complexity index is 793. The third-order valence-electron chi connectivity index (χ3n) is 5.30. The fraction of sp³-hybridized carbons (Fsp3) is 0.429. The summed E-state index contributed by atoms with van der Waals surface area (Å²) in [6, 6.07) is 11.3. The number of hydrogen-bond acceptors (Lipinski definition) is 4. The summed E-state index contributed by atoms with van der Waals surface area (Å²) in [6.45, 7) is 2.02. The summed E-state index contributed by atoms with van der Waals surface area (Å²) in [5.41, 5.74) is 0.801. The van der Waals surface area contributed by atoms with Gasteiger partial charge in [-0.2, -0.15) is 0 Å². The van der Waals surface area contributed by atoms with Gasteiger partial charge in [-0.3, -0.25) is 4.79 Å². The number of rotatable bonds is 4. The summed E-state index contributed by atoms with van der Waals surface area (Å²) in [7, 11) is 0. The van der Waals surface area contributed by atoms with E-state index in [2.05, 4.69) is 17.4 Å². The maximum absolute atomic E-state index is 12.5. The molecule has 1 saturated heterocycles. The molecule has 1 N–H and O–H groups in total. The lowest BCUT2D eigenvalue weighted by Crippen LogP contribution is -2.51. The van der Waals surface area contributed by atoms with Crippen LogP contribution < -0.4 is 5.32 Å². The van der Waals surface area contributed by atoms with Crippen LogP contribution in [0.3, 0.4) is 0 Å². The van der Waals surface area contributed by atoms with Gasteiger partial charge in [0.1, 0.15) is 0 Å². The zero-order valence-electron chi connectivity index (χ0n) is 15.8. The molecule has 6 nitrogen and oxygen atoms in total. The van der Waals surface area contributed by atoms with Gasteiger partial charge in [0.2, 0.25) is 0 Å². The number of carbonyl (C=O) groups is 2. The molecule has 1 aromatic heterocycles.